The molecular weight excluding hydrogens is 527 g/mol. The van der Waals surface area contributed by atoms with Crippen LogP contribution in [0.15, 0.2) is 42.5 Å². The largest absolute Gasteiger partial charge is 0.492 e. The first-order chi connectivity index (χ1) is 14.6. The van der Waals surface area contributed by atoms with E-state index in [9.17, 15) is 5.11 Å². The Morgan fingerprint density at radius 2 is 1.58 bits per heavy atom. The number of hydrogen-bond donors (Lipinski definition) is 1. The lowest BCUT2D eigenvalue weighted by Crippen LogP contribution is -2.25. The molecule has 0 amide bonds. The van der Waals surface area contributed by atoms with Gasteiger partial charge >= 0.3 is 0 Å². The van der Waals surface area contributed by atoms with Crippen molar-refractivity contribution < 1.29 is 19.3 Å². The van der Waals surface area contributed by atoms with Crippen molar-refractivity contribution in [1.82, 2.24) is 0 Å². The molecule has 0 spiro atoms. The molecule has 0 aliphatic rings. The van der Waals surface area contributed by atoms with E-state index in [0.717, 1.165) is 15.1 Å². The average Bonchev–Trinajstić information content (AvgIpc) is 2.75. The molecule has 0 aromatic heterocycles. The molecule has 2 aromatic rings. The first-order valence-corrected chi connectivity index (χ1v) is 12.3. The van der Waals surface area contributed by atoms with Gasteiger partial charge in [-0.15, -0.1) is 11.6 Å². The van der Waals surface area contributed by atoms with Crippen LogP contribution in [0.25, 0.3) is 0 Å². The smallest absolute Gasteiger partial charge is 0.132 e. The molecule has 2 rings (SSSR count). The normalized spacial score (nSPS) is 13.8. The Bertz CT molecular complexity index is 808. The van der Waals surface area contributed by atoms with Crippen LogP contribution in [-0.2, 0) is 10.2 Å². The molecule has 0 saturated carbocycles. The van der Waals surface area contributed by atoms with Crippen molar-refractivity contribution in [2.24, 2.45) is 5.92 Å². The lowest BCUT2D eigenvalue weighted by atomic mass is 9.78. The zero-order valence-electron chi connectivity index (χ0n) is 19.0. The molecule has 31 heavy (non-hydrogen) atoms. The van der Waals surface area contributed by atoms with Gasteiger partial charge in [-0.25, -0.2) is 0 Å². The molecule has 0 saturated heterocycles. The number of hydrogen-bond acceptors (Lipinski definition) is 4. The maximum atomic E-state index is 9.96. The minimum atomic E-state index is -0.645. The fourth-order valence-electron chi connectivity index (χ4n) is 2.96. The Kier molecular flexibility index (Phi) is 10.4. The number of aliphatic hydroxyl groups excluding tert-OH is 1. The molecule has 1 N–H and O–H groups in total. The fraction of sp³-hybridized carbons (Fsp3) is 0.520. The Balaban J connectivity index is 2.02. The first-order valence-electron chi connectivity index (χ1n) is 10.6. The Labute approximate surface area is 205 Å². The minimum Gasteiger partial charge on any atom is -0.492 e. The van der Waals surface area contributed by atoms with E-state index in [0.29, 0.717) is 18.4 Å². The van der Waals surface area contributed by atoms with Crippen LogP contribution in [0.2, 0.25) is 0 Å². The van der Waals surface area contributed by atoms with Gasteiger partial charge in [-0.05, 0) is 71.8 Å². The number of rotatable bonds is 12. The van der Waals surface area contributed by atoms with Crippen LogP contribution in [-0.4, -0.2) is 43.0 Å². The lowest BCUT2D eigenvalue weighted by Gasteiger charge is -2.27. The summed E-state index contributed by atoms with van der Waals surface area (Å²) in [7, 11) is 0. The van der Waals surface area contributed by atoms with E-state index in [4.69, 9.17) is 25.8 Å². The molecule has 0 aliphatic heterocycles. The molecule has 0 aliphatic carbocycles. The zero-order valence-corrected chi connectivity index (χ0v) is 21.9. The van der Waals surface area contributed by atoms with Gasteiger partial charge in [0.05, 0.1) is 22.9 Å². The van der Waals surface area contributed by atoms with Gasteiger partial charge in [-0.3, -0.25) is 0 Å². The topological polar surface area (TPSA) is 47.9 Å². The standard InChI is InChI=1S/C25H34ClIO4/c1-17(2)29-15-21(28)16-30-22-9-6-19(7-10-22)25(4,5)20-8-11-24(23(27)12-20)31-14-18(3)13-26/h6-12,17-18,21,28H,13-16H2,1-5H3/t18-,21-/m1/s1. The van der Waals surface area contributed by atoms with Crippen LogP contribution >= 0.6 is 34.2 Å². The van der Waals surface area contributed by atoms with Crippen LogP contribution in [0.5, 0.6) is 11.5 Å². The third kappa shape index (κ3) is 8.12. The number of aliphatic hydroxyl groups is 1. The van der Waals surface area contributed by atoms with E-state index in [-0.39, 0.29) is 24.7 Å². The van der Waals surface area contributed by atoms with Crippen molar-refractivity contribution in [2.75, 3.05) is 25.7 Å². The zero-order chi connectivity index (χ0) is 23.0. The summed E-state index contributed by atoms with van der Waals surface area (Å²) in [6.45, 7) is 11.5. The van der Waals surface area contributed by atoms with Crippen LogP contribution in [0, 0.1) is 9.49 Å². The molecule has 0 bridgehead atoms. The molecule has 0 fully saturated rings. The average molecular weight is 561 g/mol. The van der Waals surface area contributed by atoms with Gasteiger partial charge in [0.1, 0.15) is 24.2 Å². The van der Waals surface area contributed by atoms with Crippen LogP contribution in [0.3, 0.4) is 0 Å². The van der Waals surface area contributed by atoms with Gasteiger partial charge in [0.25, 0.3) is 0 Å². The number of ether oxygens (including phenoxy) is 3. The van der Waals surface area contributed by atoms with Crippen molar-refractivity contribution in [2.45, 2.75) is 52.2 Å². The van der Waals surface area contributed by atoms with E-state index >= 15 is 0 Å². The van der Waals surface area contributed by atoms with Crippen molar-refractivity contribution in [3.63, 3.8) is 0 Å². The summed E-state index contributed by atoms with van der Waals surface area (Å²) in [4.78, 5) is 0. The minimum absolute atomic E-state index is 0.0917. The molecule has 0 unspecified atom stereocenters. The molecular formula is C25H34ClIO4. The summed E-state index contributed by atoms with van der Waals surface area (Å²) in [6, 6.07) is 14.4. The number of alkyl halides is 1. The van der Waals surface area contributed by atoms with Crippen molar-refractivity contribution >= 4 is 34.2 Å². The highest BCUT2D eigenvalue weighted by molar-refractivity contribution is 14.1. The molecule has 2 aromatic carbocycles. The van der Waals surface area contributed by atoms with Gasteiger partial charge in [-0.2, -0.15) is 0 Å². The van der Waals surface area contributed by atoms with E-state index in [1.165, 1.54) is 11.1 Å². The lowest BCUT2D eigenvalue weighted by molar-refractivity contribution is -0.0122. The second kappa shape index (κ2) is 12.3. The Morgan fingerprint density at radius 3 is 2.16 bits per heavy atom. The van der Waals surface area contributed by atoms with E-state index in [1.54, 1.807) is 0 Å². The van der Waals surface area contributed by atoms with E-state index in [2.05, 4.69) is 67.6 Å². The fourth-order valence-corrected chi connectivity index (χ4v) is 3.72. The van der Waals surface area contributed by atoms with Crippen molar-refractivity contribution in [1.29, 1.82) is 0 Å². The summed E-state index contributed by atoms with van der Waals surface area (Å²) in [5, 5.41) is 9.96. The van der Waals surface area contributed by atoms with Gasteiger partial charge in [0, 0.05) is 17.2 Å². The molecule has 172 valence electrons. The summed E-state index contributed by atoms with van der Waals surface area (Å²) < 4.78 is 18.1. The van der Waals surface area contributed by atoms with Crippen molar-refractivity contribution in [3.05, 3.63) is 57.2 Å². The van der Waals surface area contributed by atoms with Crippen LogP contribution in [0.4, 0.5) is 0 Å². The van der Waals surface area contributed by atoms with Crippen LogP contribution in [0.1, 0.15) is 45.7 Å². The summed E-state index contributed by atoms with van der Waals surface area (Å²) in [6.07, 6.45) is -0.553. The van der Waals surface area contributed by atoms with E-state index in [1.807, 2.05) is 32.0 Å². The van der Waals surface area contributed by atoms with Gasteiger partial charge in [-0.1, -0.05) is 39.0 Å². The van der Waals surface area contributed by atoms with Gasteiger partial charge < -0.3 is 19.3 Å². The van der Waals surface area contributed by atoms with E-state index < -0.39 is 6.10 Å². The quantitative estimate of drug-likeness (QED) is 0.254. The highest BCUT2D eigenvalue weighted by Crippen LogP contribution is 2.35. The summed E-state index contributed by atoms with van der Waals surface area (Å²) in [5.74, 6) is 2.53. The third-order valence-corrected chi connectivity index (χ3v) is 6.45. The third-order valence-electron chi connectivity index (χ3n) is 5.08. The maximum Gasteiger partial charge on any atom is 0.132 e. The predicted octanol–water partition coefficient (Wildman–Crippen LogP) is 6.04. The molecule has 4 nitrogen and oxygen atoms in total. The first kappa shape index (κ1) is 26.2. The van der Waals surface area contributed by atoms with Crippen molar-refractivity contribution in [3.8, 4) is 11.5 Å². The van der Waals surface area contributed by atoms with Gasteiger partial charge in [0.2, 0.25) is 0 Å². The second-order valence-corrected chi connectivity index (χ2v) is 10.2. The molecule has 0 heterocycles. The maximum absolute atomic E-state index is 9.96. The number of halogens is 2. The predicted molar refractivity (Wildman–Crippen MR) is 136 cm³/mol. The highest BCUT2D eigenvalue weighted by atomic mass is 127. The SMILES string of the molecule is CC(C)OC[C@@H](O)COc1ccc(C(C)(C)c2ccc(OC[C@H](C)CCl)c(I)c2)cc1. The second-order valence-electron chi connectivity index (χ2n) is 8.71. The summed E-state index contributed by atoms with van der Waals surface area (Å²) in [5.41, 5.74) is 2.22. The molecule has 6 heteroatoms. The Hall–Kier alpha value is -1.02. The molecule has 0 radical (unpaired) electrons. The number of benzene rings is 2. The monoisotopic (exact) mass is 560 g/mol. The van der Waals surface area contributed by atoms with Gasteiger partial charge in [0.15, 0.2) is 0 Å². The van der Waals surface area contributed by atoms with Crippen LogP contribution < -0.4 is 9.47 Å². The molecule has 2 atom stereocenters. The highest BCUT2D eigenvalue weighted by Gasteiger charge is 2.24. The summed E-state index contributed by atoms with van der Waals surface area (Å²) >= 11 is 8.20. The Morgan fingerprint density at radius 1 is 0.935 bits per heavy atom.